The average Bonchev–Trinajstić information content (AvgIpc) is 3.13. The Morgan fingerprint density at radius 1 is 1.32 bits per heavy atom. The second kappa shape index (κ2) is 6.29. The Kier molecular flexibility index (Phi) is 4.46. The summed E-state index contributed by atoms with van der Waals surface area (Å²) in [7, 11) is 2.21. The number of thioether (sulfide) groups is 1. The minimum absolute atomic E-state index is 0.714. The summed E-state index contributed by atoms with van der Waals surface area (Å²) in [4.78, 5) is 3.89. The quantitative estimate of drug-likeness (QED) is 0.711. The van der Waals surface area contributed by atoms with Gasteiger partial charge in [0.1, 0.15) is 0 Å². The molecule has 3 heteroatoms. The number of hydrogen-bond acceptors (Lipinski definition) is 3. The minimum atomic E-state index is 0.714. The van der Waals surface area contributed by atoms with E-state index in [9.17, 15) is 0 Å². The van der Waals surface area contributed by atoms with Gasteiger partial charge in [-0.2, -0.15) is 0 Å². The van der Waals surface area contributed by atoms with Gasteiger partial charge in [-0.05, 0) is 43.9 Å². The summed E-state index contributed by atoms with van der Waals surface area (Å²) in [5, 5.41) is 0.714. The zero-order valence-corrected chi connectivity index (χ0v) is 12.5. The molecule has 1 fully saturated rings. The largest absolute Gasteiger partial charge is 0.380 e. The predicted molar refractivity (Wildman–Crippen MR) is 80.8 cm³/mol. The SMILES string of the molecule is CN(CCOCC1CC1)CC1Cc2ccccc2S1. The predicted octanol–water partition coefficient (Wildman–Crippen LogP) is 3.06. The first-order chi connectivity index (χ1) is 9.31. The van der Waals surface area contributed by atoms with Crippen LogP contribution in [-0.4, -0.2) is 43.5 Å². The van der Waals surface area contributed by atoms with E-state index in [-0.39, 0.29) is 0 Å². The van der Waals surface area contributed by atoms with Gasteiger partial charge in [-0.25, -0.2) is 0 Å². The summed E-state index contributed by atoms with van der Waals surface area (Å²) < 4.78 is 5.71. The number of ether oxygens (including phenoxy) is 1. The molecular weight excluding hydrogens is 254 g/mol. The van der Waals surface area contributed by atoms with Gasteiger partial charge in [-0.1, -0.05) is 18.2 Å². The number of rotatable bonds is 7. The molecule has 1 saturated carbocycles. The van der Waals surface area contributed by atoms with Gasteiger partial charge < -0.3 is 9.64 Å². The van der Waals surface area contributed by atoms with E-state index in [2.05, 4.69) is 36.2 Å². The fourth-order valence-corrected chi connectivity index (χ4v) is 3.96. The normalized spacial score (nSPS) is 21.9. The molecule has 1 unspecified atom stereocenters. The number of nitrogens with zero attached hydrogens (tertiary/aromatic N) is 1. The van der Waals surface area contributed by atoms with E-state index in [1.807, 2.05) is 11.8 Å². The fraction of sp³-hybridized carbons (Fsp3) is 0.625. The van der Waals surface area contributed by atoms with Crippen LogP contribution in [0.25, 0.3) is 0 Å². The van der Waals surface area contributed by atoms with Crippen LogP contribution in [0.4, 0.5) is 0 Å². The number of likely N-dealkylation sites (N-methyl/N-ethyl adjacent to an activating group) is 1. The second-order valence-corrected chi connectivity index (χ2v) is 7.17. The van der Waals surface area contributed by atoms with E-state index in [0.717, 1.165) is 32.2 Å². The van der Waals surface area contributed by atoms with E-state index in [1.165, 1.54) is 29.7 Å². The first-order valence-electron chi connectivity index (χ1n) is 7.32. The van der Waals surface area contributed by atoms with Gasteiger partial charge in [0.05, 0.1) is 6.61 Å². The van der Waals surface area contributed by atoms with E-state index >= 15 is 0 Å². The molecule has 2 nitrogen and oxygen atoms in total. The topological polar surface area (TPSA) is 12.5 Å². The van der Waals surface area contributed by atoms with Crippen LogP contribution in [0.1, 0.15) is 18.4 Å². The monoisotopic (exact) mass is 277 g/mol. The summed E-state index contributed by atoms with van der Waals surface area (Å²) in [6.45, 7) is 4.08. The highest BCUT2D eigenvalue weighted by Gasteiger charge is 2.23. The van der Waals surface area contributed by atoms with Crippen LogP contribution < -0.4 is 0 Å². The van der Waals surface area contributed by atoms with E-state index in [0.29, 0.717) is 5.25 Å². The molecule has 104 valence electrons. The Labute approximate surface area is 120 Å². The van der Waals surface area contributed by atoms with Crippen molar-refractivity contribution in [1.82, 2.24) is 4.90 Å². The molecule has 0 aromatic heterocycles. The Morgan fingerprint density at radius 3 is 2.95 bits per heavy atom. The maximum atomic E-state index is 5.71. The molecule has 1 aliphatic heterocycles. The highest BCUT2D eigenvalue weighted by Crippen LogP contribution is 2.36. The molecule has 0 saturated heterocycles. The lowest BCUT2D eigenvalue weighted by atomic mass is 10.1. The Balaban J connectivity index is 1.35. The highest BCUT2D eigenvalue weighted by atomic mass is 32.2. The van der Waals surface area contributed by atoms with Crippen LogP contribution in [0.5, 0.6) is 0 Å². The van der Waals surface area contributed by atoms with Crippen LogP contribution >= 0.6 is 11.8 Å². The summed E-state index contributed by atoms with van der Waals surface area (Å²) in [6, 6.07) is 8.81. The summed E-state index contributed by atoms with van der Waals surface area (Å²) in [6.07, 6.45) is 3.98. The molecule has 0 spiro atoms. The lowest BCUT2D eigenvalue weighted by molar-refractivity contribution is 0.104. The Hall–Kier alpha value is -0.510. The maximum Gasteiger partial charge on any atom is 0.0593 e. The first-order valence-corrected chi connectivity index (χ1v) is 8.20. The lowest BCUT2D eigenvalue weighted by Gasteiger charge is -2.20. The smallest absolute Gasteiger partial charge is 0.0593 e. The van der Waals surface area contributed by atoms with Crippen LogP contribution in [0.2, 0.25) is 0 Å². The number of hydrogen-bond donors (Lipinski definition) is 0. The molecule has 1 aromatic carbocycles. The molecule has 2 aliphatic rings. The molecule has 1 aromatic rings. The van der Waals surface area contributed by atoms with Crippen LogP contribution in [0, 0.1) is 5.92 Å². The van der Waals surface area contributed by atoms with Gasteiger partial charge in [0.25, 0.3) is 0 Å². The Bertz CT molecular complexity index is 394. The van der Waals surface area contributed by atoms with Crippen molar-refractivity contribution in [2.24, 2.45) is 5.92 Å². The van der Waals surface area contributed by atoms with Crippen molar-refractivity contribution in [3.8, 4) is 0 Å². The van der Waals surface area contributed by atoms with E-state index < -0.39 is 0 Å². The first kappa shape index (κ1) is 13.5. The molecule has 0 bridgehead atoms. The van der Waals surface area contributed by atoms with Crippen LogP contribution in [0.3, 0.4) is 0 Å². The van der Waals surface area contributed by atoms with E-state index in [1.54, 1.807) is 0 Å². The maximum absolute atomic E-state index is 5.71. The molecule has 0 N–H and O–H groups in total. The molecular formula is C16H23NOS. The van der Waals surface area contributed by atoms with Crippen molar-refractivity contribution in [3.63, 3.8) is 0 Å². The van der Waals surface area contributed by atoms with Crippen molar-refractivity contribution >= 4 is 11.8 Å². The summed E-state index contributed by atoms with van der Waals surface area (Å²) in [5.74, 6) is 0.880. The van der Waals surface area contributed by atoms with Crippen LogP contribution in [0.15, 0.2) is 29.2 Å². The Morgan fingerprint density at radius 2 is 2.16 bits per heavy atom. The molecule has 3 rings (SSSR count). The van der Waals surface area contributed by atoms with Crippen molar-refractivity contribution < 1.29 is 4.74 Å². The van der Waals surface area contributed by atoms with Gasteiger partial charge in [0.2, 0.25) is 0 Å². The van der Waals surface area contributed by atoms with Crippen molar-refractivity contribution in [3.05, 3.63) is 29.8 Å². The zero-order valence-electron chi connectivity index (χ0n) is 11.7. The van der Waals surface area contributed by atoms with Gasteiger partial charge in [-0.15, -0.1) is 11.8 Å². The van der Waals surface area contributed by atoms with Crippen molar-refractivity contribution in [2.45, 2.75) is 29.4 Å². The van der Waals surface area contributed by atoms with Gasteiger partial charge in [0.15, 0.2) is 0 Å². The van der Waals surface area contributed by atoms with Crippen molar-refractivity contribution in [1.29, 1.82) is 0 Å². The van der Waals surface area contributed by atoms with Gasteiger partial charge >= 0.3 is 0 Å². The number of fused-ring (bicyclic) bond motifs is 1. The summed E-state index contributed by atoms with van der Waals surface area (Å²) >= 11 is 2.04. The standard InChI is InChI=1S/C16H23NOS/c1-17(8-9-18-12-13-6-7-13)11-15-10-14-4-2-3-5-16(14)19-15/h2-5,13,15H,6-12H2,1H3. The molecule has 1 aliphatic carbocycles. The van der Waals surface area contributed by atoms with Crippen LogP contribution in [-0.2, 0) is 11.2 Å². The third-order valence-corrected chi connectivity index (χ3v) is 5.20. The van der Waals surface area contributed by atoms with Gasteiger partial charge in [-0.3, -0.25) is 0 Å². The lowest BCUT2D eigenvalue weighted by Crippen LogP contribution is -2.30. The zero-order chi connectivity index (χ0) is 13.1. The second-order valence-electron chi connectivity index (χ2n) is 5.83. The molecule has 1 heterocycles. The molecule has 0 radical (unpaired) electrons. The van der Waals surface area contributed by atoms with Crippen molar-refractivity contribution in [2.75, 3.05) is 33.4 Å². The number of benzene rings is 1. The average molecular weight is 277 g/mol. The third-order valence-electron chi connectivity index (χ3n) is 3.90. The molecule has 1 atom stereocenters. The minimum Gasteiger partial charge on any atom is -0.380 e. The summed E-state index contributed by atoms with van der Waals surface area (Å²) in [5.41, 5.74) is 1.52. The molecule has 19 heavy (non-hydrogen) atoms. The van der Waals surface area contributed by atoms with Gasteiger partial charge in [0, 0.05) is 29.8 Å². The van der Waals surface area contributed by atoms with E-state index in [4.69, 9.17) is 4.74 Å². The highest BCUT2D eigenvalue weighted by molar-refractivity contribution is 8.00. The molecule has 0 amide bonds. The third kappa shape index (κ3) is 3.98. The fourth-order valence-electron chi connectivity index (χ4n) is 2.55.